The van der Waals surface area contributed by atoms with Crippen LogP contribution in [0.3, 0.4) is 0 Å². The molecular weight excluding hydrogens is 203 g/mol. The SMILES string of the molecule is O=Nc1cc(Cl)c(NO)cc1Cl. The van der Waals surface area contributed by atoms with Gasteiger partial charge in [-0.05, 0) is 17.3 Å². The molecule has 12 heavy (non-hydrogen) atoms. The molecule has 0 heterocycles. The van der Waals surface area contributed by atoms with Crippen LogP contribution in [0.5, 0.6) is 0 Å². The molecule has 0 saturated carbocycles. The van der Waals surface area contributed by atoms with E-state index in [0.717, 1.165) is 0 Å². The van der Waals surface area contributed by atoms with E-state index in [-0.39, 0.29) is 21.4 Å². The van der Waals surface area contributed by atoms with Gasteiger partial charge in [-0.1, -0.05) is 23.2 Å². The normalized spacial score (nSPS) is 9.58. The summed E-state index contributed by atoms with van der Waals surface area (Å²) in [5.74, 6) is 0. The lowest BCUT2D eigenvalue weighted by Gasteiger charge is -2.02. The van der Waals surface area contributed by atoms with E-state index in [1.165, 1.54) is 12.1 Å². The summed E-state index contributed by atoms with van der Waals surface area (Å²) in [4.78, 5) is 10.1. The van der Waals surface area contributed by atoms with Crippen LogP contribution in [0.4, 0.5) is 11.4 Å². The molecule has 64 valence electrons. The Morgan fingerprint density at radius 1 is 1.33 bits per heavy atom. The largest absolute Gasteiger partial charge is 0.291 e. The summed E-state index contributed by atoms with van der Waals surface area (Å²) < 4.78 is 0. The third-order valence-electron chi connectivity index (χ3n) is 1.26. The molecule has 1 aromatic carbocycles. The number of benzene rings is 1. The summed E-state index contributed by atoms with van der Waals surface area (Å²) >= 11 is 11.2. The molecule has 0 amide bonds. The zero-order valence-electron chi connectivity index (χ0n) is 5.71. The molecular formula is C6H4Cl2N2O2. The molecule has 0 aliphatic rings. The van der Waals surface area contributed by atoms with Gasteiger partial charge in [-0.15, -0.1) is 4.91 Å². The Hall–Kier alpha value is -0.840. The second-order valence-corrected chi connectivity index (χ2v) is 2.80. The second kappa shape index (κ2) is 3.71. The van der Waals surface area contributed by atoms with Crippen molar-refractivity contribution in [1.82, 2.24) is 0 Å². The summed E-state index contributed by atoms with van der Waals surface area (Å²) in [5, 5.41) is 11.4. The van der Waals surface area contributed by atoms with E-state index in [0.29, 0.717) is 0 Å². The van der Waals surface area contributed by atoms with Crippen molar-refractivity contribution in [2.24, 2.45) is 5.18 Å². The average molecular weight is 207 g/mol. The highest BCUT2D eigenvalue weighted by Crippen LogP contribution is 2.33. The summed E-state index contributed by atoms with van der Waals surface area (Å²) in [6.45, 7) is 0. The fourth-order valence-electron chi connectivity index (χ4n) is 0.692. The van der Waals surface area contributed by atoms with Crippen molar-refractivity contribution >= 4 is 34.6 Å². The molecule has 0 fully saturated rings. The number of anilines is 1. The summed E-state index contributed by atoms with van der Waals surface area (Å²) in [6, 6.07) is 2.57. The van der Waals surface area contributed by atoms with E-state index in [9.17, 15) is 4.91 Å². The fraction of sp³-hybridized carbons (Fsp3) is 0. The van der Waals surface area contributed by atoms with Gasteiger partial charge in [0.2, 0.25) is 0 Å². The van der Waals surface area contributed by atoms with Gasteiger partial charge < -0.3 is 0 Å². The number of nitroso groups, excluding NO2 is 1. The van der Waals surface area contributed by atoms with E-state index in [1.54, 1.807) is 0 Å². The summed E-state index contributed by atoms with van der Waals surface area (Å²) in [7, 11) is 0. The van der Waals surface area contributed by atoms with Gasteiger partial charge in [0, 0.05) is 0 Å². The first-order valence-electron chi connectivity index (χ1n) is 2.91. The molecule has 0 radical (unpaired) electrons. The van der Waals surface area contributed by atoms with E-state index >= 15 is 0 Å². The summed E-state index contributed by atoms with van der Waals surface area (Å²) in [6.07, 6.45) is 0. The molecule has 0 unspecified atom stereocenters. The number of nitrogens with one attached hydrogen (secondary N) is 1. The topological polar surface area (TPSA) is 61.7 Å². The van der Waals surface area contributed by atoms with Crippen LogP contribution in [0.2, 0.25) is 10.0 Å². The molecule has 0 bridgehead atoms. The molecule has 0 aromatic heterocycles. The van der Waals surface area contributed by atoms with Crippen LogP contribution in [0, 0.1) is 4.91 Å². The lowest BCUT2D eigenvalue weighted by atomic mass is 10.3. The minimum absolute atomic E-state index is 0.0423. The molecule has 6 heteroatoms. The van der Waals surface area contributed by atoms with Crippen molar-refractivity contribution in [3.05, 3.63) is 27.1 Å². The predicted molar refractivity (Wildman–Crippen MR) is 47.3 cm³/mol. The zero-order chi connectivity index (χ0) is 9.14. The van der Waals surface area contributed by atoms with Crippen LogP contribution in [0.15, 0.2) is 17.3 Å². The van der Waals surface area contributed by atoms with E-state index < -0.39 is 0 Å². The second-order valence-electron chi connectivity index (χ2n) is 1.99. The molecule has 0 spiro atoms. The van der Waals surface area contributed by atoms with Crippen LogP contribution in [-0.2, 0) is 0 Å². The Labute approximate surface area is 78.0 Å². The van der Waals surface area contributed by atoms with Gasteiger partial charge in [-0.3, -0.25) is 10.7 Å². The number of halogens is 2. The van der Waals surface area contributed by atoms with Crippen molar-refractivity contribution in [3.8, 4) is 0 Å². The summed E-state index contributed by atoms with van der Waals surface area (Å²) in [5.41, 5.74) is 2.10. The Morgan fingerprint density at radius 2 is 2.00 bits per heavy atom. The minimum Gasteiger partial charge on any atom is -0.291 e. The predicted octanol–water partition coefficient (Wildman–Crippen LogP) is 3.19. The Kier molecular flexibility index (Phi) is 2.86. The van der Waals surface area contributed by atoms with E-state index in [4.69, 9.17) is 28.4 Å². The molecule has 1 rings (SSSR count). The molecule has 0 saturated heterocycles. The first-order chi connectivity index (χ1) is 5.69. The smallest absolute Gasteiger partial charge is 0.128 e. The van der Waals surface area contributed by atoms with Crippen molar-refractivity contribution in [2.75, 3.05) is 5.48 Å². The Balaban J connectivity index is 3.25. The number of hydrogen-bond donors (Lipinski definition) is 2. The van der Waals surface area contributed by atoms with Gasteiger partial charge in [0.05, 0.1) is 15.7 Å². The highest BCUT2D eigenvalue weighted by atomic mass is 35.5. The van der Waals surface area contributed by atoms with Crippen molar-refractivity contribution < 1.29 is 5.21 Å². The van der Waals surface area contributed by atoms with Crippen LogP contribution >= 0.6 is 23.2 Å². The molecule has 0 aliphatic heterocycles. The van der Waals surface area contributed by atoms with Crippen molar-refractivity contribution in [2.45, 2.75) is 0 Å². The maximum Gasteiger partial charge on any atom is 0.128 e. The molecule has 0 atom stereocenters. The van der Waals surface area contributed by atoms with Crippen LogP contribution in [0.25, 0.3) is 0 Å². The van der Waals surface area contributed by atoms with E-state index in [1.807, 2.05) is 5.48 Å². The molecule has 0 aliphatic carbocycles. The number of hydrogen-bond acceptors (Lipinski definition) is 4. The van der Waals surface area contributed by atoms with E-state index in [2.05, 4.69) is 5.18 Å². The monoisotopic (exact) mass is 206 g/mol. The van der Waals surface area contributed by atoms with Gasteiger partial charge in [-0.25, -0.2) is 0 Å². The lowest BCUT2D eigenvalue weighted by Crippen LogP contribution is -1.89. The molecule has 1 aromatic rings. The van der Waals surface area contributed by atoms with Crippen LogP contribution in [0.1, 0.15) is 0 Å². The maximum atomic E-state index is 10.1. The van der Waals surface area contributed by atoms with Gasteiger partial charge in [-0.2, -0.15) is 0 Å². The third-order valence-corrected chi connectivity index (χ3v) is 1.87. The van der Waals surface area contributed by atoms with Gasteiger partial charge in [0.25, 0.3) is 0 Å². The third kappa shape index (κ3) is 1.66. The molecule has 2 N–H and O–H groups in total. The first-order valence-corrected chi connectivity index (χ1v) is 3.67. The quantitative estimate of drug-likeness (QED) is 0.578. The average Bonchev–Trinajstić information content (AvgIpc) is 2.08. The van der Waals surface area contributed by atoms with Crippen molar-refractivity contribution in [3.63, 3.8) is 0 Å². The minimum atomic E-state index is 0.0423. The number of rotatable bonds is 2. The van der Waals surface area contributed by atoms with Gasteiger partial charge >= 0.3 is 0 Å². The Morgan fingerprint density at radius 3 is 2.50 bits per heavy atom. The Bertz CT molecular complexity index is 317. The van der Waals surface area contributed by atoms with Crippen LogP contribution < -0.4 is 5.48 Å². The zero-order valence-corrected chi connectivity index (χ0v) is 7.23. The highest BCUT2D eigenvalue weighted by Gasteiger charge is 2.06. The number of nitrogens with zero attached hydrogens (tertiary/aromatic N) is 1. The molecule has 4 nitrogen and oxygen atoms in total. The first kappa shape index (κ1) is 9.25. The lowest BCUT2D eigenvalue weighted by molar-refractivity contribution is 0.389. The standard InChI is InChI=1S/C6H4Cl2N2O2/c7-3-1-5(9-11)4(8)2-6(3)10-12/h1-2,9,11H. The van der Waals surface area contributed by atoms with Crippen molar-refractivity contribution in [1.29, 1.82) is 0 Å². The highest BCUT2D eigenvalue weighted by molar-refractivity contribution is 6.36. The fourth-order valence-corrected chi connectivity index (χ4v) is 1.09. The van der Waals surface area contributed by atoms with Gasteiger partial charge in [0.1, 0.15) is 5.69 Å². The van der Waals surface area contributed by atoms with Crippen LogP contribution in [-0.4, -0.2) is 5.21 Å². The maximum absolute atomic E-state index is 10.1. The van der Waals surface area contributed by atoms with Gasteiger partial charge in [0.15, 0.2) is 0 Å².